The molecule has 520 valence electrons. The summed E-state index contributed by atoms with van der Waals surface area (Å²) in [5.41, 5.74) is 10.7. The van der Waals surface area contributed by atoms with Gasteiger partial charge in [-0.1, -0.05) is 87.8 Å². The molecule has 3 aliphatic rings. The fourth-order valence-corrected chi connectivity index (χ4v) is 14.8. The Balaban J connectivity index is 0.732. The Morgan fingerprint density at radius 1 is 0.750 bits per heavy atom. The summed E-state index contributed by atoms with van der Waals surface area (Å²) in [4.78, 5) is 66.7. The zero-order valence-electron chi connectivity index (χ0n) is 56.2. The van der Waals surface area contributed by atoms with E-state index in [0.29, 0.717) is 83.3 Å². The van der Waals surface area contributed by atoms with Crippen molar-refractivity contribution in [2.75, 3.05) is 76.6 Å². The second-order valence-electron chi connectivity index (χ2n) is 24.8. The highest BCUT2D eigenvalue weighted by Crippen LogP contribution is 2.43. The Morgan fingerprint density at radius 2 is 1.41 bits per heavy atom. The standard InChI is InChI=1S/C70H97N13O10S3/c1-6-82(7-2)54-28-31-57-62(43-54)93-63-44-55(83(8-3)9-4)29-32-58(63)66(57)59-33-30-56(45-64(59)96(90,91)92)95(88,89)75-38-23-17-15-13-11-10-12-14-16-22-36-72-70(87)73-37-24-21-27-60(78-65(84)42-53-48-94-69(71)77-53)67(85)79-61(68(86)76-51-34-39-80(5)40-35-51)41-52-47-81(49-74-52)46-50-25-19-18-20-26-50/h18-20,25-26,28-33,43-45,47-49,51,60-61,75H,6-17,21-24,27,34-42,46H2,1-5H3,(H7-,71,72,73,76,77,78,79,84,85,86,87,90,91,92)/p+1/t60-,61-/m0/s1. The third kappa shape index (κ3) is 21.9. The summed E-state index contributed by atoms with van der Waals surface area (Å²) >= 11 is 1.22. The van der Waals surface area contributed by atoms with Gasteiger partial charge in [0.2, 0.25) is 33.1 Å². The largest absolute Gasteiger partial charge is 0.456 e. The number of piperidine rings is 1. The molecule has 9 N–H and O–H groups in total. The van der Waals surface area contributed by atoms with Crippen molar-refractivity contribution in [3.05, 3.63) is 125 Å². The van der Waals surface area contributed by atoms with Crippen LogP contribution in [0.4, 0.5) is 15.6 Å². The van der Waals surface area contributed by atoms with Gasteiger partial charge in [0.25, 0.3) is 10.1 Å². The van der Waals surface area contributed by atoms with Crippen molar-refractivity contribution >= 4 is 77.0 Å². The van der Waals surface area contributed by atoms with Crippen molar-refractivity contribution in [2.24, 2.45) is 0 Å². The summed E-state index contributed by atoms with van der Waals surface area (Å²) in [7, 11) is -7.03. The first-order chi connectivity index (χ1) is 46.2. The van der Waals surface area contributed by atoms with Crippen molar-refractivity contribution in [1.29, 1.82) is 0 Å². The van der Waals surface area contributed by atoms with Gasteiger partial charge in [-0.2, -0.15) is 8.42 Å². The lowest BCUT2D eigenvalue weighted by Crippen LogP contribution is -2.56. The van der Waals surface area contributed by atoms with Crippen molar-refractivity contribution in [1.82, 2.24) is 55.3 Å². The highest BCUT2D eigenvalue weighted by atomic mass is 32.2. The first kappa shape index (κ1) is 74.0. The maximum absolute atomic E-state index is 14.2. The Bertz CT molecular complexity index is 3950. The summed E-state index contributed by atoms with van der Waals surface area (Å²) in [6.45, 7) is 14.6. The van der Waals surface area contributed by atoms with E-state index in [2.05, 4.69) is 83.3 Å². The molecule has 2 atom stereocenters. The number of urea groups is 1. The molecule has 0 spiro atoms. The lowest BCUT2D eigenvalue weighted by molar-refractivity contribution is -0.132. The number of benzene rings is 4. The van der Waals surface area contributed by atoms with Gasteiger partial charge >= 0.3 is 6.03 Å². The molecular weight excluding hydrogens is 1280 g/mol. The van der Waals surface area contributed by atoms with Crippen LogP contribution in [-0.4, -0.2) is 149 Å². The summed E-state index contributed by atoms with van der Waals surface area (Å²) in [5, 5.41) is 18.4. The number of amides is 5. The molecule has 23 nitrogen and oxygen atoms in total. The maximum atomic E-state index is 14.2. The van der Waals surface area contributed by atoms with Gasteiger partial charge in [-0.3, -0.25) is 18.9 Å². The number of nitrogens with one attached hydrogen (secondary N) is 6. The number of sulfonamides is 1. The highest BCUT2D eigenvalue weighted by Gasteiger charge is 2.31. The molecule has 2 aliphatic heterocycles. The third-order valence-corrected chi connectivity index (χ3v) is 20.8. The molecule has 5 aromatic rings. The molecule has 0 saturated carbocycles. The van der Waals surface area contributed by atoms with Gasteiger partial charge in [-0.05, 0) is 129 Å². The van der Waals surface area contributed by atoms with Crippen LogP contribution < -0.4 is 51.9 Å². The van der Waals surface area contributed by atoms with Gasteiger partial charge in [0.15, 0.2) is 5.13 Å². The molecule has 0 radical (unpaired) electrons. The lowest BCUT2D eigenvalue weighted by Gasteiger charge is -2.31. The number of likely N-dealkylation sites (tertiary alicyclic amines) is 1. The minimum absolute atomic E-state index is 0.0417. The Kier molecular flexibility index (Phi) is 28.2. The number of nitrogen functional groups attached to an aromatic ring is 1. The van der Waals surface area contributed by atoms with E-state index in [1.165, 1.54) is 23.5 Å². The topological polar surface area (TPSA) is 308 Å². The van der Waals surface area contributed by atoms with E-state index in [1.807, 2.05) is 84.5 Å². The fourth-order valence-electron chi connectivity index (χ4n) is 12.3. The van der Waals surface area contributed by atoms with Gasteiger partial charge in [0.1, 0.15) is 41.4 Å². The number of carbonyl (C=O) groups excluding carboxylic acids is 4. The Labute approximate surface area is 569 Å². The molecule has 1 aliphatic carbocycles. The Hall–Kier alpha value is -7.75. The SMILES string of the molecule is CCN(CC)c1ccc2c(-c3ccc(S(=O)(=O)NCCCCCCCCCCCCNC(=O)NCCCC[C@H](NC(=O)Cc4csc(N)n4)C(=O)N[C@@H](Cc4cn(Cc5ccccc5)cn4)C(=O)NC4CCN(C)CC4)cc3S(=O)(=O)O)c3ccc(=[N+](CC)CC)cc-3oc2c1. The molecule has 2 aromatic heterocycles. The highest BCUT2D eigenvalue weighted by molar-refractivity contribution is 7.89. The summed E-state index contributed by atoms with van der Waals surface area (Å²) in [6.07, 6.45) is 15.8. The normalized spacial score (nSPS) is 13.7. The maximum Gasteiger partial charge on any atom is 0.314 e. The number of carbonyl (C=O) groups is 4. The first-order valence-corrected chi connectivity index (χ1v) is 37.9. The fraction of sp³-hybridized carbons (Fsp3) is 0.500. The van der Waals surface area contributed by atoms with E-state index < -0.39 is 48.9 Å². The number of rotatable bonds is 38. The average molecular weight is 1380 g/mol. The van der Waals surface area contributed by atoms with Crippen LogP contribution in [0.1, 0.15) is 141 Å². The number of aromatic nitrogens is 3. The van der Waals surface area contributed by atoms with E-state index in [-0.39, 0.29) is 54.2 Å². The zero-order valence-corrected chi connectivity index (χ0v) is 58.7. The summed E-state index contributed by atoms with van der Waals surface area (Å²) in [6, 6.07) is 23.1. The molecule has 4 heterocycles. The van der Waals surface area contributed by atoms with Crippen LogP contribution >= 0.6 is 11.3 Å². The van der Waals surface area contributed by atoms with Gasteiger partial charge in [0.05, 0.1) is 35.1 Å². The minimum Gasteiger partial charge on any atom is -0.456 e. The first-order valence-electron chi connectivity index (χ1n) is 34.1. The number of fused-ring (bicyclic) bond motifs is 2. The number of anilines is 2. The van der Waals surface area contributed by atoms with Crippen molar-refractivity contribution in [3.8, 4) is 22.5 Å². The van der Waals surface area contributed by atoms with Crippen molar-refractivity contribution in [2.45, 2.75) is 171 Å². The van der Waals surface area contributed by atoms with Gasteiger partial charge < -0.3 is 51.1 Å². The molecule has 96 heavy (non-hydrogen) atoms. The van der Waals surface area contributed by atoms with Crippen LogP contribution in [0.5, 0.6) is 0 Å². The second kappa shape index (κ2) is 36.6. The molecule has 5 amide bonds. The number of thiazole rings is 1. The van der Waals surface area contributed by atoms with Gasteiger partial charge in [-0.15, -0.1) is 11.3 Å². The molecule has 1 fully saturated rings. The second-order valence-corrected chi connectivity index (χ2v) is 28.8. The van der Waals surface area contributed by atoms with Crippen LogP contribution in [0, 0.1) is 0 Å². The molecule has 8 rings (SSSR count). The van der Waals surface area contributed by atoms with Crippen molar-refractivity contribution in [3.63, 3.8) is 0 Å². The predicted molar refractivity (Wildman–Crippen MR) is 379 cm³/mol. The zero-order chi connectivity index (χ0) is 68.6. The third-order valence-electron chi connectivity index (χ3n) is 17.7. The van der Waals surface area contributed by atoms with E-state index in [1.54, 1.807) is 11.7 Å². The number of nitrogens with two attached hydrogens (primary N) is 1. The number of unbranched alkanes of at least 4 members (excludes halogenated alkanes) is 10. The smallest absolute Gasteiger partial charge is 0.314 e. The monoisotopic (exact) mass is 1380 g/mol. The van der Waals surface area contributed by atoms with E-state index in [9.17, 15) is 40.6 Å². The number of hydrogen-bond acceptors (Lipinski definition) is 15. The van der Waals surface area contributed by atoms with Crippen LogP contribution in [0.15, 0.2) is 117 Å². The molecule has 1 saturated heterocycles. The van der Waals surface area contributed by atoms with Crippen LogP contribution in [0.3, 0.4) is 0 Å². The summed E-state index contributed by atoms with van der Waals surface area (Å²) < 4.78 is 77.8. The number of imidazole rings is 1. The van der Waals surface area contributed by atoms with Crippen LogP contribution in [0.25, 0.3) is 33.4 Å². The predicted octanol–water partition coefficient (Wildman–Crippen LogP) is 8.71. The molecule has 3 aromatic carbocycles. The molecular formula is C70H98N13O10S3+. The number of nitrogens with zero attached hydrogens (tertiary/aromatic N) is 6. The van der Waals surface area contributed by atoms with Gasteiger partial charge in [0, 0.05) is 103 Å². The molecule has 0 unspecified atom stereocenters. The molecule has 26 heteroatoms. The average Bonchev–Trinajstić information content (AvgIpc) is 0.812. The van der Waals surface area contributed by atoms with Crippen molar-refractivity contribution < 1.29 is 45.0 Å². The van der Waals surface area contributed by atoms with Crippen LogP contribution in [0.2, 0.25) is 0 Å². The minimum atomic E-state index is -4.93. The van der Waals surface area contributed by atoms with Gasteiger partial charge in [-0.25, -0.2) is 32.5 Å². The number of hydrogen-bond donors (Lipinski definition) is 8. The summed E-state index contributed by atoms with van der Waals surface area (Å²) in [5.74, 6) is -0.715. The lowest BCUT2D eigenvalue weighted by atomic mass is 9.93. The quantitative estimate of drug-likeness (QED) is 0.00777. The molecule has 0 bridgehead atoms. The Morgan fingerprint density at radius 3 is 2.05 bits per heavy atom. The van der Waals surface area contributed by atoms with E-state index in [0.717, 1.165) is 133 Å². The van der Waals surface area contributed by atoms with Crippen LogP contribution in [-0.2, 0) is 53.9 Å². The van der Waals surface area contributed by atoms with E-state index >= 15 is 0 Å². The van der Waals surface area contributed by atoms with E-state index in [4.69, 9.17) is 10.2 Å².